The molecule has 3 aromatic heterocycles. The summed E-state index contributed by atoms with van der Waals surface area (Å²) in [5, 5.41) is 8.81. The monoisotopic (exact) mass is 500 g/mol. The van der Waals surface area contributed by atoms with Crippen molar-refractivity contribution in [1.29, 1.82) is 0 Å². The Balaban J connectivity index is 0.992. The number of aromatic nitrogens is 3. The summed E-state index contributed by atoms with van der Waals surface area (Å²) in [6.07, 6.45) is 4.07. The predicted octanol–water partition coefficient (Wildman–Crippen LogP) is 4.22. The SMILES string of the molecule is COc1ccc(NCc2cccc(OC[C@@H]3CC[C@H]4CN(c5noc6ccccc56)CCN4C3)n2)cn1. The van der Waals surface area contributed by atoms with Crippen LogP contribution in [-0.4, -0.2) is 66.0 Å². The minimum Gasteiger partial charge on any atom is -0.481 e. The smallest absolute Gasteiger partial charge is 0.213 e. The molecule has 0 aliphatic carbocycles. The van der Waals surface area contributed by atoms with Gasteiger partial charge >= 0.3 is 0 Å². The van der Waals surface area contributed by atoms with Crippen molar-refractivity contribution in [3.05, 3.63) is 66.5 Å². The van der Waals surface area contributed by atoms with E-state index in [1.54, 1.807) is 13.3 Å². The molecule has 9 heteroatoms. The second-order valence-corrected chi connectivity index (χ2v) is 9.76. The van der Waals surface area contributed by atoms with Crippen LogP contribution in [0.25, 0.3) is 11.0 Å². The zero-order chi connectivity index (χ0) is 25.0. The predicted molar refractivity (Wildman–Crippen MR) is 142 cm³/mol. The number of hydrogen-bond donors (Lipinski definition) is 1. The van der Waals surface area contributed by atoms with Crippen molar-refractivity contribution >= 4 is 22.5 Å². The Morgan fingerprint density at radius 1 is 1.00 bits per heavy atom. The van der Waals surface area contributed by atoms with Gasteiger partial charge in [-0.15, -0.1) is 0 Å². The summed E-state index contributed by atoms with van der Waals surface area (Å²) in [4.78, 5) is 13.9. The van der Waals surface area contributed by atoms with Crippen molar-refractivity contribution in [1.82, 2.24) is 20.0 Å². The quantitative estimate of drug-likeness (QED) is 0.382. The Morgan fingerprint density at radius 2 is 1.95 bits per heavy atom. The summed E-state index contributed by atoms with van der Waals surface area (Å²) < 4.78 is 16.8. The van der Waals surface area contributed by atoms with E-state index in [1.165, 1.54) is 0 Å². The highest BCUT2D eigenvalue weighted by atomic mass is 16.5. The number of benzene rings is 1. The van der Waals surface area contributed by atoms with Gasteiger partial charge < -0.3 is 24.2 Å². The maximum atomic E-state index is 6.15. The van der Waals surface area contributed by atoms with Gasteiger partial charge in [-0.25, -0.2) is 9.97 Å². The fourth-order valence-corrected chi connectivity index (χ4v) is 5.33. The molecule has 6 rings (SSSR count). The Labute approximate surface area is 216 Å². The number of piperazine rings is 1. The fraction of sp³-hybridized carbons (Fsp3) is 0.393. The Kier molecular flexibility index (Phi) is 6.77. The third-order valence-corrected chi connectivity index (χ3v) is 7.33. The van der Waals surface area contributed by atoms with Crippen LogP contribution >= 0.6 is 0 Å². The van der Waals surface area contributed by atoms with E-state index < -0.39 is 0 Å². The van der Waals surface area contributed by atoms with Gasteiger partial charge in [0.15, 0.2) is 11.4 Å². The van der Waals surface area contributed by atoms with E-state index in [-0.39, 0.29) is 0 Å². The number of rotatable bonds is 8. The maximum absolute atomic E-state index is 6.15. The van der Waals surface area contributed by atoms with Crippen LogP contribution < -0.4 is 19.7 Å². The molecule has 0 spiro atoms. The number of para-hydroxylation sites is 1. The molecule has 0 bridgehead atoms. The maximum Gasteiger partial charge on any atom is 0.213 e. The van der Waals surface area contributed by atoms with Gasteiger partial charge in [-0.05, 0) is 37.1 Å². The molecule has 2 aliphatic rings. The molecule has 0 amide bonds. The third-order valence-electron chi connectivity index (χ3n) is 7.33. The van der Waals surface area contributed by atoms with Crippen LogP contribution in [0.2, 0.25) is 0 Å². The molecule has 1 aromatic carbocycles. The van der Waals surface area contributed by atoms with E-state index in [9.17, 15) is 0 Å². The van der Waals surface area contributed by atoms with Crippen molar-refractivity contribution < 1.29 is 14.0 Å². The molecule has 192 valence electrons. The first-order chi connectivity index (χ1) is 18.2. The second-order valence-electron chi connectivity index (χ2n) is 9.76. The van der Waals surface area contributed by atoms with Gasteiger partial charge in [0.2, 0.25) is 11.8 Å². The summed E-state index contributed by atoms with van der Waals surface area (Å²) in [5.41, 5.74) is 2.70. The molecular formula is C28H32N6O3. The molecule has 2 atom stereocenters. The Morgan fingerprint density at radius 3 is 2.84 bits per heavy atom. The van der Waals surface area contributed by atoms with E-state index in [0.717, 1.165) is 67.2 Å². The van der Waals surface area contributed by atoms with Crippen molar-refractivity contribution in [3.63, 3.8) is 0 Å². The lowest BCUT2D eigenvalue weighted by molar-refractivity contribution is 0.0716. The van der Waals surface area contributed by atoms with Crippen molar-refractivity contribution in [2.24, 2.45) is 5.92 Å². The number of nitrogens with one attached hydrogen (secondary N) is 1. The van der Waals surface area contributed by atoms with Gasteiger partial charge in [-0.2, -0.15) is 0 Å². The first kappa shape index (κ1) is 23.5. The minimum atomic E-state index is 0.504. The lowest BCUT2D eigenvalue weighted by Gasteiger charge is -2.46. The third kappa shape index (κ3) is 5.32. The molecule has 0 saturated carbocycles. The van der Waals surface area contributed by atoms with Crippen LogP contribution in [0.4, 0.5) is 11.5 Å². The van der Waals surface area contributed by atoms with Crippen LogP contribution in [-0.2, 0) is 6.54 Å². The standard InChI is InChI=1S/C28H32N6O3/c1-35-26-12-10-21(15-30-26)29-16-22-5-4-8-27(31-22)36-19-20-9-11-23-18-34(14-13-33(23)17-20)28-24-6-2-3-7-25(24)37-32-28/h2-8,10,12,15,20,23,29H,9,11,13-14,16-19H2,1H3/t20-,23+/m1/s1. The van der Waals surface area contributed by atoms with Crippen LogP contribution in [0, 0.1) is 5.92 Å². The minimum absolute atomic E-state index is 0.504. The number of anilines is 2. The summed E-state index contributed by atoms with van der Waals surface area (Å²) in [6, 6.07) is 18.4. The molecule has 2 aliphatic heterocycles. The molecule has 1 N–H and O–H groups in total. The first-order valence-electron chi connectivity index (χ1n) is 12.9. The van der Waals surface area contributed by atoms with Gasteiger partial charge in [0.25, 0.3) is 0 Å². The highest BCUT2D eigenvalue weighted by Crippen LogP contribution is 2.31. The lowest BCUT2D eigenvalue weighted by Crippen LogP contribution is -2.57. The van der Waals surface area contributed by atoms with Crippen LogP contribution in [0.15, 0.2) is 65.3 Å². The largest absolute Gasteiger partial charge is 0.481 e. The molecule has 37 heavy (non-hydrogen) atoms. The number of hydrogen-bond acceptors (Lipinski definition) is 9. The number of fused-ring (bicyclic) bond motifs is 2. The van der Waals surface area contributed by atoms with Gasteiger partial charge in [0.05, 0.1) is 43.2 Å². The van der Waals surface area contributed by atoms with E-state index in [4.69, 9.17) is 14.0 Å². The van der Waals surface area contributed by atoms with Crippen molar-refractivity contribution in [2.75, 3.05) is 50.1 Å². The molecule has 0 radical (unpaired) electrons. The number of methoxy groups -OCH3 is 1. The highest BCUT2D eigenvalue weighted by molar-refractivity contribution is 5.88. The molecule has 2 fully saturated rings. The molecule has 2 saturated heterocycles. The Bertz CT molecular complexity index is 1330. The number of ether oxygens (including phenoxy) is 2. The van der Waals surface area contributed by atoms with Gasteiger partial charge in [-0.1, -0.05) is 23.4 Å². The molecule has 5 heterocycles. The number of nitrogens with zero attached hydrogens (tertiary/aromatic N) is 5. The van der Waals surface area contributed by atoms with Crippen molar-refractivity contribution in [3.8, 4) is 11.8 Å². The number of pyridine rings is 2. The zero-order valence-corrected chi connectivity index (χ0v) is 21.0. The first-order valence-corrected chi connectivity index (χ1v) is 12.9. The molecular weight excluding hydrogens is 468 g/mol. The van der Waals surface area contributed by atoms with E-state index in [2.05, 4.69) is 36.3 Å². The van der Waals surface area contributed by atoms with E-state index in [1.807, 2.05) is 48.5 Å². The van der Waals surface area contributed by atoms with Gasteiger partial charge in [-0.3, -0.25) is 4.90 Å². The lowest BCUT2D eigenvalue weighted by atomic mass is 9.91. The molecule has 9 nitrogen and oxygen atoms in total. The summed E-state index contributed by atoms with van der Waals surface area (Å²) in [6.45, 7) is 5.33. The van der Waals surface area contributed by atoms with Crippen LogP contribution in [0.5, 0.6) is 11.8 Å². The average Bonchev–Trinajstić information content (AvgIpc) is 3.39. The Hall–Kier alpha value is -3.85. The fourth-order valence-electron chi connectivity index (χ4n) is 5.33. The van der Waals surface area contributed by atoms with Gasteiger partial charge in [0, 0.05) is 50.3 Å². The van der Waals surface area contributed by atoms with Crippen LogP contribution in [0.3, 0.4) is 0 Å². The summed E-state index contributed by atoms with van der Waals surface area (Å²) in [7, 11) is 1.61. The van der Waals surface area contributed by atoms with Gasteiger partial charge in [0.1, 0.15) is 0 Å². The number of piperidine rings is 1. The highest BCUT2D eigenvalue weighted by Gasteiger charge is 2.34. The second kappa shape index (κ2) is 10.6. The summed E-state index contributed by atoms with van der Waals surface area (Å²) >= 11 is 0. The normalized spacial score (nSPS) is 20.0. The topological polar surface area (TPSA) is 88.8 Å². The van der Waals surface area contributed by atoms with Crippen LogP contribution in [0.1, 0.15) is 18.5 Å². The molecule has 4 aromatic rings. The zero-order valence-electron chi connectivity index (χ0n) is 21.0. The van der Waals surface area contributed by atoms with E-state index in [0.29, 0.717) is 36.9 Å². The average molecular weight is 501 g/mol. The summed E-state index contributed by atoms with van der Waals surface area (Å²) in [5.74, 6) is 2.75. The van der Waals surface area contributed by atoms with E-state index >= 15 is 0 Å². The van der Waals surface area contributed by atoms with Crippen molar-refractivity contribution in [2.45, 2.75) is 25.4 Å². The molecule has 0 unspecified atom stereocenters.